The second-order valence-corrected chi connectivity index (χ2v) is 6.28. The van der Waals surface area contributed by atoms with E-state index in [1.165, 1.54) is 11.1 Å². The molecule has 2 aromatic rings. The Kier molecular flexibility index (Phi) is 5.99. The number of hydrogen-bond acceptors (Lipinski definition) is 2. The molecule has 3 nitrogen and oxygen atoms in total. The van der Waals surface area contributed by atoms with Crippen molar-refractivity contribution in [3.8, 4) is 5.75 Å². The van der Waals surface area contributed by atoms with Gasteiger partial charge in [0.25, 0.3) is 0 Å². The predicted octanol–water partition coefficient (Wildman–Crippen LogP) is 4.87. The van der Waals surface area contributed by atoms with E-state index in [9.17, 15) is 0 Å². The molecule has 122 valence electrons. The quantitative estimate of drug-likeness (QED) is 0.768. The van der Waals surface area contributed by atoms with Gasteiger partial charge in [-0.05, 0) is 48.3 Å². The maximum absolute atomic E-state index is 5.40. The highest BCUT2D eigenvalue weighted by atomic mass is 32.1. The first-order valence-corrected chi connectivity index (χ1v) is 8.22. The average molecular weight is 328 g/mol. The zero-order valence-electron chi connectivity index (χ0n) is 14.1. The van der Waals surface area contributed by atoms with Gasteiger partial charge in [0.15, 0.2) is 5.11 Å². The molecule has 2 rings (SSSR count). The molecule has 2 N–H and O–H groups in total. The van der Waals surface area contributed by atoms with E-state index in [0.29, 0.717) is 11.0 Å². The zero-order valence-corrected chi connectivity index (χ0v) is 14.9. The Bertz CT molecular complexity index is 653. The number of thiocarbonyl (C=S) groups is 1. The van der Waals surface area contributed by atoms with Crippen molar-refractivity contribution in [1.82, 2.24) is 5.32 Å². The van der Waals surface area contributed by atoms with E-state index in [1.807, 2.05) is 24.3 Å². The number of methoxy groups -OCH3 is 1. The van der Waals surface area contributed by atoms with E-state index < -0.39 is 0 Å². The summed E-state index contributed by atoms with van der Waals surface area (Å²) in [5.41, 5.74) is 3.46. The van der Waals surface area contributed by atoms with E-state index in [1.54, 1.807) is 7.11 Å². The molecule has 0 aliphatic heterocycles. The van der Waals surface area contributed by atoms with Gasteiger partial charge in [-0.3, -0.25) is 0 Å². The maximum Gasteiger partial charge on any atom is 0.171 e. The molecule has 1 atom stereocenters. The van der Waals surface area contributed by atoms with Crippen molar-refractivity contribution < 1.29 is 4.74 Å². The van der Waals surface area contributed by atoms with Crippen LogP contribution in [0.5, 0.6) is 5.75 Å². The van der Waals surface area contributed by atoms with Crippen molar-refractivity contribution in [3.63, 3.8) is 0 Å². The third kappa shape index (κ3) is 4.96. The molecule has 0 amide bonds. The Morgan fingerprint density at radius 3 is 2.26 bits per heavy atom. The number of ether oxygens (including phenoxy) is 1. The summed E-state index contributed by atoms with van der Waals surface area (Å²) in [6.45, 7) is 6.50. The molecule has 0 aliphatic rings. The molecule has 0 fully saturated rings. The van der Waals surface area contributed by atoms with Crippen molar-refractivity contribution in [2.24, 2.45) is 0 Å². The molecule has 0 spiro atoms. The minimum Gasteiger partial charge on any atom is -0.497 e. The second-order valence-electron chi connectivity index (χ2n) is 5.87. The van der Waals surface area contributed by atoms with Crippen LogP contribution < -0.4 is 15.4 Å². The van der Waals surface area contributed by atoms with E-state index in [4.69, 9.17) is 17.0 Å². The molecule has 0 saturated heterocycles. The summed E-state index contributed by atoms with van der Waals surface area (Å²) in [5, 5.41) is 7.09. The number of hydrogen-bond donors (Lipinski definition) is 2. The van der Waals surface area contributed by atoms with E-state index in [0.717, 1.165) is 11.4 Å². The van der Waals surface area contributed by atoms with Gasteiger partial charge in [0.05, 0.1) is 13.2 Å². The monoisotopic (exact) mass is 328 g/mol. The summed E-state index contributed by atoms with van der Waals surface area (Å²) in [6.07, 6.45) is 0. The minimum absolute atomic E-state index is 0.141. The highest BCUT2D eigenvalue weighted by Crippen LogP contribution is 2.19. The molecule has 0 radical (unpaired) electrons. The number of rotatable bonds is 5. The van der Waals surface area contributed by atoms with Gasteiger partial charge in [-0.2, -0.15) is 0 Å². The van der Waals surface area contributed by atoms with Gasteiger partial charge in [-0.25, -0.2) is 0 Å². The smallest absolute Gasteiger partial charge is 0.171 e. The van der Waals surface area contributed by atoms with Crippen molar-refractivity contribution in [2.75, 3.05) is 12.4 Å². The van der Waals surface area contributed by atoms with Gasteiger partial charge in [0.1, 0.15) is 5.75 Å². The molecule has 0 heterocycles. The van der Waals surface area contributed by atoms with E-state index in [-0.39, 0.29) is 6.04 Å². The topological polar surface area (TPSA) is 33.3 Å². The Balaban J connectivity index is 1.96. The van der Waals surface area contributed by atoms with Crippen LogP contribution in [0.4, 0.5) is 5.69 Å². The fraction of sp³-hybridized carbons (Fsp3) is 0.316. The third-order valence-corrected chi connectivity index (χ3v) is 4.00. The number of anilines is 1. The average Bonchev–Trinajstić information content (AvgIpc) is 2.54. The molecule has 0 bridgehead atoms. The Morgan fingerprint density at radius 2 is 1.65 bits per heavy atom. The lowest BCUT2D eigenvalue weighted by Gasteiger charge is -2.18. The first kappa shape index (κ1) is 17.3. The fourth-order valence-corrected chi connectivity index (χ4v) is 2.61. The largest absolute Gasteiger partial charge is 0.497 e. The zero-order chi connectivity index (χ0) is 16.8. The first-order chi connectivity index (χ1) is 11.0. The van der Waals surface area contributed by atoms with Crippen LogP contribution in [-0.2, 0) is 0 Å². The van der Waals surface area contributed by atoms with Crippen LogP contribution in [0.2, 0.25) is 0 Å². The fourth-order valence-electron chi connectivity index (χ4n) is 2.32. The number of nitrogens with one attached hydrogen (secondary N) is 2. The van der Waals surface area contributed by atoms with Crippen molar-refractivity contribution in [3.05, 3.63) is 59.7 Å². The van der Waals surface area contributed by atoms with Gasteiger partial charge in [0.2, 0.25) is 0 Å². The van der Waals surface area contributed by atoms with Crippen LogP contribution in [0.3, 0.4) is 0 Å². The highest BCUT2D eigenvalue weighted by Gasteiger charge is 2.08. The lowest BCUT2D eigenvalue weighted by molar-refractivity contribution is 0.415. The summed E-state index contributed by atoms with van der Waals surface area (Å²) in [5.74, 6) is 1.35. The summed E-state index contributed by atoms with van der Waals surface area (Å²) in [7, 11) is 1.65. The predicted molar refractivity (Wildman–Crippen MR) is 101 cm³/mol. The summed E-state index contributed by atoms with van der Waals surface area (Å²) >= 11 is 5.40. The SMILES string of the molecule is COc1cccc(NC(=S)N[C@@H](C)c2ccc(C(C)C)cc2)c1. The van der Waals surface area contributed by atoms with Crippen molar-refractivity contribution in [1.29, 1.82) is 0 Å². The maximum atomic E-state index is 5.40. The molecule has 4 heteroatoms. The second kappa shape index (κ2) is 7.97. The van der Waals surface area contributed by atoms with Gasteiger partial charge in [-0.15, -0.1) is 0 Å². The van der Waals surface area contributed by atoms with Crippen LogP contribution in [0, 0.1) is 0 Å². The number of benzene rings is 2. The van der Waals surface area contributed by atoms with Crippen molar-refractivity contribution in [2.45, 2.75) is 32.7 Å². The van der Waals surface area contributed by atoms with Crippen molar-refractivity contribution >= 4 is 23.0 Å². The minimum atomic E-state index is 0.141. The third-order valence-electron chi connectivity index (χ3n) is 3.78. The first-order valence-electron chi connectivity index (χ1n) is 7.81. The van der Waals surface area contributed by atoms with Gasteiger partial charge in [-0.1, -0.05) is 44.2 Å². The van der Waals surface area contributed by atoms with Crippen LogP contribution >= 0.6 is 12.2 Å². The molecular formula is C19H24N2OS. The summed E-state index contributed by atoms with van der Waals surface area (Å²) < 4.78 is 5.21. The Morgan fingerprint density at radius 1 is 1.00 bits per heavy atom. The highest BCUT2D eigenvalue weighted by molar-refractivity contribution is 7.80. The molecule has 23 heavy (non-hydrogen) atoms. The standard InChI is InChI=1S/C19H24N2OS/c1-13(2)15-8-10-16(11-9-15)14(3)20-19(23)21-17-6-5-7-18(12-17)22-4/h5-14H,1-4H3,(H2,20,21,23)/t14-/m0/s1. The van der Waals surface area contributed by atoms with Crippen LogP contribution in [-0.4, -0.2) is 12.2 Å². The Hall–Kier alpha value is -2.07. The lowest BCUT2D eigenvalue weighted by atomic mass is 10.00. The molecule has 2 aromatic carbocycles. The Labute approximate surface area is 144 Å². The summed E-state index contributed by atoms with van der Waals surface area (Å²) in [4.78, 5) is 0. The van der Waals surface area contributed by atoms with Gasteiger partial charge < -0.3 is 15.4 Å². The van der Waals surface area contributed by atoms with Crippen LogP contribution in [0.15, 0.2) is 48.5 Å². The molecule has 0 saturated carbocycles. The van der Waals surface area contributed by atoms with Gasteiger partial charge in [0, 0.05) is 11.8 Å². The molecule has 0 aromatic heterocycles. The lowest BCUT2D eigenvalue weighted by Crippen LogP contribution is -2.30. The van der Waals surface area contributed by atoms with Crippen LogP contribution in [0.1, 0.15) is 43.9 Å². The summed E-state index contributed by atoms with van der Waals surface area (Å²) in [6, 6.07) is 16.5. The van der Waals surface area contributed by atoms with Gasteiger partial charge >= 0.3 is 0 Å². The van der Waals surface area contributed by atoms with Crippen LogP contribution in [0.25, 0.3) is 0 Å². The molecule has 0 unspecified atom stereocenters. The normalized spacial score (nSPS) is 11.9. The van der Waals surface area contributed by atoms with E-state index in [2.05, 4.69) is 55.7 Å². The molecule has 0 aliphatic carbocycles. The molecular weight excluding hydrogens is 304 g/mol. The van der Waals surface area contributed by atoms with E-state index >= 15 is 0 Å².